The Hall–Kier alpha value is -0.750. The molecule has 1 saturated carbocycles. The van der Waals surface area contributed by atoms with Crippen LogP contribution < -0.4 is 0 Å². The van der Waals surface area contributed by atoms with Gasteiger partial charge in [-0.2, -0.15) is 0 Å². The molecular formula is C16H24O5. The summed E-state index contributed by atoms with van der Waals surface area (Å²) in [4.78, 5) is 11.8. The van der Waals surface area contributed by atoms with Gasteiger partial charge in [-0.05, 0) is 27.2 Å². The number of hydrogen-bond acceptors (Lipinski definition) is 5. The Kier molecular flexibility index (Phi) is 3.34. The molecule has 0 aromatic rings. The van der Waals surface area contributed by atoms with E-state index in [1.165, 1.54) is 12.7 Å². The molecule has 5 heteroatoms. The van der Waals surface area contributed by atoms with E-state index in [0.29, 0.717) is 19.4 Å². The van der Waals surface area contributed by atoms with Crippen molar-refractivity contribution in [2.45, 2.75) is 69.0 Å². The van der Waals surface area contributed by atoms with Crippen LogP contribution >= 0.6 is 0 Å². The van der Waals surface area contributed by atoms with Crippen LogP contribution in [0.4, 0.5) is 0 Å². The lowest BCUT2D eigenvalue weighted by Crippen LogP contribution is -2.64. The first-order valence-corrected chi connectivity index (χ1v) is 7.54. The smallest absolute Gasteiger partial charge is 0.171 e. The first-order valence-electron chi connectivity index (χ1n) is 7.54. The van der Waals surface area contributed by atoms with Crippen molar-refractivity contribution in [3.63, 3.8) is 0 Å². The quantitative estimate of drug-likeness (QED) is 0.627. The fraction of sp³-hybridized carbons (Fsp3) is 0.812. The van der Waals surface area contributed by atoms with E-state index in [0.717, 1.165) is 6.42 Å². The van der Waals surface area contributed by atoms with Crippen LogP contribution in [0, 0.1) is 0 Å². The van der Waals surface area contributed by atoms with E-state index in [1.54, 1.807) is 0 Å². The summed E-state index contributed by atoms with van der Waals surface area (Å²) in [7, 11) is 1.52. The number of methoxy groups -OCH3 is 1. The molecule has 1 spiro atoms. The van der Waals surface area contributed by atoms with Gasteiger partial charge >= 0.3 is 0 Å². The highest BCUT2D eigenvalue weighted by atomic mass is 16.6. The molecule has 3 fully saturated rings. The third-order valence-electron chi connectivity index (χ3n) is 5.25. The van der Waals surface area contributed by atoms with Crippen molar-refractivity contribution in [3.05, 3.63) is 11.6 Å². The lowest BCUT2D eigenvalue weighted by Gasteiger charge is -2.45. The number of carbonyl (C=O) groups excluding carboxylic acids is 1. The molecule has 0 radical (unpaired) electrons. The minimum Gasteiger partial charge on any atom is -0.384 e. The molecule has 3 aliphatic rings. The first kappa shape index (κ1) is 15.2. The SMILES string of the molecule is COC1C2(CC2=O)OCCC1(O)C1(C)OC1CC=C(C)C. The van der Waals surface area contributed by atoms with E-state index in [2.05, 4.69) is 6.08 Å². The van der Waals surface area contributed by atoms with E-state index >= 15 is 0 Å². The maximum Gasteiger partial charge on any atom is 0.171 e. The van der Waals surface area contributed by atoms with Gasteiger partial charge in [0.25, 0.3) is 0 Å². The Morgan fingerprint density at radius 3 is 2.71 bits per heavy atom. The van der Waals surface area contributed by atoms with Crippen LogP contribution in [0.2, 0.25) is 0 Å². The maximum absolute atomic E-state index is 11.8. The van der Waals surface area contributed by atoms with Crippen LogP contribution in [0.25, 0.3) is 0 Å². The van der Waals surface area contributed by atoms with Gasteiger partial charge < -0.3 is 19.3 Å². The van der Waals surface area contributed by atoms with Crippen molar-refractivity contribution in [1.29, 1.82) is 0 Å². The fourth-order valence-electron chi connectivity index (χ4n) is 3.70. The Labute approximate surface area is 125 Å². The average Bonchev–Trinajstić information content (AvgIpc) is 3.26. The molecule has 118 valence electrons. The average molecular weight is 296 g/mol. The molecule has 2 saturated heterocycles. The van der Waals surface area contributed by atoms with Crippen molar-refractivity contribution in [1.82, 2.24) is 0 Å². The van der Waals surface area contributed by atoms with E-state index < -0.39 is 22.9 Å². The molecule has 5 unspecified atom stereocenters. The lowest BCUT2D eigenvalue weighted by atomic mass is 9.74. The second kappa shape index (κ2) is 4.62. The van der Waals surface area contributed by atoms with Crippen LogP contribution in [-0.2, 0) is 19.0 Å². The molecule has 2 heterocycles. The van der Waals surface area contributed by atoms with Crippen LogP contribution in [0.3, 0.4) is 0 Å². The third-order valence-corrected chi connectivity index (χ3v) is 5.25. The minimum atomic E-state index is -1.19. The summed E-state index contributed by atoms with van der Waals surface area (Å²) in [5, 5.41) is 11.3. The van der Waals surface area contributed by atoms with Crippen molar-refractivity contribution >= 4 is 5.78 Å². The third kappa shape index (κ3) is 2.02. The number of allylic oxidation sites excluding steroid dienone is 1. The number of ketones is 1. The van der Waals surface area contributed by atoms with Crippen LogP contribution in [0.5, 0.6) is 0 Å². The molecule has 5 nitrogen and oxygen atoms in total. The van der Waals surface area contributed by atoms with Gasteiger partial charge in [0.15, 0.2) is 11.4 Å². The maximum atomic E-state index is 11.8. The van der Waals surface area contributed by atoms with Gasteiger partial charge in [-0.15, -0.1) is 0 Å². The molecule has 2 aliphatic heterocycles. The normalized spacial score (nSPS) is 48.3. The minimum absolute atomic E-state index is 0.0116. The Bertz CT molecular complexity index is 497. The number of epoxide rings is 1. The standard InChI is InChI=1S/C16H24O5/c1-10(2)5-6-12-14(3,21-12)16(18)7-8-20-15(9-11(15)17)13(16)19-4/h5,12-13,18H,6-9H2,1-4H3. The molecular weight excluding hydrogens is 272 g/mol. The van der Waals surface area contributed by atoms with Gasteiger partial charge in [-0.1, -0.05) is 11.6 Å². The lowest BCUT2D eigenvalue weighted by molar-refractivity contribution is -0.231. The van der Waals surface area contributed by atoms with Gasteiger partial charge in [-0.3, -0.25) is 4.79 Å². The van der Waals surface area contributed by atoms with Crippen LogP contribution in [-0.4, -0.2) is 53.6 Å². The molecule has 0 amide bonds. The van der Waals surface area contributed by atoms with Gasteiger partial charge in [0.1, 0.15) is 17.3 Å². The Morgan fingerprint density at radius 2 is 2.19 bits per heavy atom. The Balaban J connectivity index is 1.83. The molecule has 0 bridgehead atoms. The largest absolute Gasteiger partial charge is 0.384 e. The summed E-state index contributed by atoms with van der Waals surface area (Å²) in [6.07, 6.45) is 2.91. The number of hydrogen-bond donors (Lipinski definition) is 1. The van der Waals surface area contributed by atoms with Gasteiger partial charge in [-0.25, -0.2) is 0 Å². The van der Waals surface area contributed by atoms with E-state index in [9.17, 15) is 9.90 Å². The molecule has 3 rings (SSSR count). The topological polar surface area (TPSA) is 68.3 Å². The second-order valence-electron chi connectivity index (χ2n) is 6.86. The number of ether oxygens (including phenoxy) is 3. The molecule has 21 heavy (non-hydrogen) atoms. The molecule has 1 N–H and O–H groups in total. The van der Waals surface area contributed by atoms with Gasteiger partial charge in [0, 0.05) is 20.0 Å². The van der Waals surface area contributed by atoms with Crippen molar-refractivity contribution in [3.8, 4) is 0 Å². The van der Waals surface area contributed by atoms with Crippen molar-refractivity contribution in [2.75, 3.05) is 13.7 Å². The number of Topliss-reactive ketones (excluding diaryl/α,β-unsaturated/α-hetero) is 1. The summed E-state index contributed by atoms with van der Waals surface area (Å²) in [5.41, 5.74) is -1.59. The van der Waals surface area contributed by atoms with E-state index in [-0.39, 0.29) is 11.9 Å². The number of aliphatic hydroxyl groups is 1. The predicted octanol–water partition coefficient (Wildman–Crippen LogP) is 1.38. The highest BCUT2D eigenvalue weighted by Crippen LogP contribution is 2.57. The number of carbonyl (C=O) groups is 1. The molecule has 1 aliphatic carbocycles. The van der Waals surface area contributed by atoms with Crippen molar-refractivity contribution in [2.24, 2.45) is 0 Å². The van der Waals surface area contributed by atoms with Crippen molar-refractivity contribution < 1.29 is 24.1 Å². The Morgan fingerprint density at radius 1 is 1.52 bits per heavy atom. The summed E-state index contributed by atoms with van der Waals surface area (Å²) >= 11 is 0. The zero-order valence-corrected chi connectivity index (χ0v) is 13.1. The monoisotopic (exact) mass is 296 g/mol. The highest BCUT2D eigenvalue weighted by molar-refractivity contribution is 6.05. The molecule has 5 atom stereocenters. The van der Waals surface area contributed by atoms with E-state index in [1.807, 2.05) is 20.8 Å². The van der Waals surface area contributed by atoms with Gasteiger partial charge in [0.2, 0.25) is 0 Å². The first-order chi connectivity index (χ1) is 9.80. The zero-order valence-electron chi connectivity index (χ0n) is 13.1. The number of rotatable bonds is 4. The van der Waals surface area contributed by atoms with Crippen LogP contribution in [0.15, 0.2) is 11.6 Å². The summed E-state index contributed by atoms with van der Waals surface area (Å²) in [6.45, 7) is 6.35. The summed E-state index contributed by atoms with van der Waals surface area (Å²) in [5.74, 6) is 0.0116. The van der Waals surface area contributed by atoms with E-state index in [4.69, 9.17) is 14.2 Å². The highest BCUT2D eigenvalue weighted by Gasteiger charge is 2.77. The van der Waals surface area contributed by atoms with Gasteiger partial charge in [0.05, 0.1) is 12.7 Å². The summed E-state index contributed by atoms with van der Waals surface area (Å²) in [6, 6.07) is 0. The fourth-order valence-corrected chi connectivity index (χ4v) is 3.70. The molecule has 0 aromatic carbocycles. The second-order valence-corrected chi connectivity index (χ2v) is 6.86. The summed E-state index contributed by atoms with van der Waals surface area (Å²) < 4.78 is 17.0. The van der Waals surface area contributed by atoms with Crippen LogP contribution in [0.1, 0.15) is 40.0 Å². The predicted molar refractivity (Wildman–Crippen MR) is 76.0 cm³/mol. The molecule has 0 aromatic heterocycles. The zero-order chi connectivity index (χ0) is 15.5.